The molecule has 124 valence electrons. The lowest BCUT2D eigenvalue weighted by Crippen LogP contribution is -2.20. The van der Waals surface area contributed by atoms with Gasteiger partial charge in [0.15, 0.2) is 0 Å². The molecule has 1 fully saturated rings. The van der Waals surface area contributed by atoms with Gasteiger partial charge in [-0.2, -0.15) is 0 Å². The van der Waals surface area contributed by atoms with Gasteiger partial charge in [0.1, 0.15) is 5.82 Å². The number of amides is 2. The molecule has 2 aromatic rings. The van der Waals surface area contributed by atoms with E-state index in [1.165, 1.54) is 24.3 Å². The molecule has 1 aliphatic carbocycles. The molecule has 7 heteroatoms. The Hall–Kier alpha value is -2.11. The fourth-order valence-electron chi connectivity index (χ4n) is 2.40. The third-order valence-electron chi connectivity index (χ3n) is 3.71. The normalized spacial score (nSPS) is 18.8. The van der Waals surface area contributed by atoms with E-state index in [0.717, 1.165) is 0 Å². The summed E-state index contributed by atoms with van der Waals surface area (Å²) in [4.78, 5) is 24.3. The molecule has 2 amide bonds. The number of carbonyl (C=O) groups is 2. The lowest BCUT2D eigenvalue weighted by molar-refractivity contribution is -0.122. The standard InChI is InChI=1S/C17H13Cl2FN2O2/c18-9-5-10(19)7-13(6-9)22-17(24)15-8-14(15)16(23)21-12-3-1-11(20)2-4-12/h1-7,14-15H,8H2,(H,21,23)(H,22,24). The van der Waals surface area contributed by atoms with Gasteiger partial charge in [-0.25, -0.2) is 4.39 Å². The van der Waals surface area contributed by atoms with Crippen molar-refractivity contribution in [1.29, 1.82) is 0 Å². The fraction of sp³-hybridized carbons (Fsp3) is 0.176. The molecule has 0 saturated heterocycles. The Balaban J connectivity index is 1.56. The topological polar surface area (TPSA) is 58.2 Å². The van der Waals surface area contributed by atoms with Crippen LogP contribution in [0.15, 0.2) is 42.5 Å². The summed E-state index contributed by atoms with van der Waals surface area (Å²) >= 11 is 11.8. The minimum atomic E-state index is -0.400. The number of benzene rings is 2. The van der Waals surface area contributed by atoms with E-state index >= 15 is 0 Å². The molecule has 1 saturated carbocycles. The molecule has 0 spiro atoms. The number of halogens is 3. The van der Waals surface area contributed by atoms with Crippen LogP contribution in [-0.2, 0) is 9.59 Å². The van der Waals surface area contributed by atoms with Gasteiger partial charge in [-0.3, -0.25) is 9.59 Å². The lowest BCUT2D eigenvalue weighted by Gasteiger charge is -2.07. The summed E-state index contributed by atoms with van der Waals surface area (Å²) in [6, 6.07) is 10.2. The van der Waals surface area contributed by atoms with Crippen molar-refractivity contribution >= 4 is 46.4 Å². The third kappa shape index (κ3) is 4.04. The van der Waals surface area contributed by atoms with E-state index in [1.807, 2.05) is 0 Å². The van der Waals surface area contributed by atoms with E-state index in [-0.39, 0.29) is 17.6 Å². The second kappa shape index (κ2) is 6.79. The fourth-order valence-corrected chi connectivity index (χ4v) is 2.93. The molecule has 0 radical (unpaired) electrons. The van der Waals surface area contributed by atoms with Crippen molar-refractivity contribution in [2.75, 3.05) is 10.6 Å². The predicted molar refractivity (Wildman–Crippen MR) is 91.7 cm³/mol. The first-order valence-electron chi connectivity index (χ1n) is 7.26. The zero-order valence-corrected chi connectivity index (χ0v) is 13.9. The average molecular weight is 367 g/mol. The van der Waals surface area contributed by atoms with Crippen LogP contribution in [0.3, 0.4) is 0 Å². The quantitative estimate of drug-likeness (QED) is 0.844. The zero-order valence-electron chi connectivity index (χ0n) is 12.4. The number of rotatable bonds is 4. The Bertz CT molecular complexity index is 775. The molecule has 4 nitrogen and oxygen atoms in total. The van der Waals surface area contributed by atoms with Crippen LogP contribution in [0.4, 0.5) is 15.8 Å². The molecule has 2 unspecified atom stereocenters. The molecular formula is C17H13Cl2FN2O2. The van der Waals surface area contributed by atoms with Crippen molar-refractivity contribution in [3.05, 3.63) is 58.3 Å². The van der Waals surface area contributed by atoms with Gasteiger partial charge in [0.05, 0.1) is 11.8 Å². The maximum Gasteiger partial charge on any atom is 0.228 e. The average Bonchev–Trinajstić information content (AvgIpc) is 3.29. The van der Waals surface area contributed by atoms with Crippen LogP contribution >= 0.6 is 23.2 Å². The number of hydrogen-bond acceptors (Lipinski definition) is 2. The maximum atomic E-state index is 12.8. The van der Waals surface area contributed by atoms with Crippen LogP contribution < -0.4 is 10.6 Å². The van der Waals surface area contributed by atoms with Crippen molar-refractivity contribution in [3.63, 3.8) is 0 Å². The van der Waals surface area contributed by atoms with Crippen LogP contribution in [0.1, 0.15) is 6.42 Å². The van der Waals surface area contributed by atoms with Crippen LogP contribution in [0.25, 0.3) is 0 Å². The van der Waals surface area contributed by atoms with Crippen LogP contribution in [0.2, 0.25) is 10.0 Å². The SMILES string of the molecule is O=C(Nc1ccc(F)cc1)C1CC1C(=O)Nc1cc(Cl)cc(Cl)c1. The zero-order chi connectivity index (χ0) is 17.3. The van der Waals surface area contributed by atoms with Gasteiger partial charge in [-0.05, 0) is 48.9 Å². The second-order valence-corrected chi connectivity index (χ2v) is 6.47. The minimum Gasteiger partial charge on any atom is -0.326 e. The Labute approximate surface area is 148 Å². The molecular weight excluding hydrogens is 354 g/mol. The van der Waals surface area contributed by atoms with Crippen LogP contribution in [0.5, 0.6) is 0 Å². The number of nitrogens with one attached hydrogen (secondary N) is 2. The molecule has 0 aromatic heterocycles. The van der Waals surface area contributed by atoms with Crippen molar-refractivity contribution in [2.45, 2.75) is 6.42 Å². The van der Waals surface area contributed by atoms with E-state index in [1.54, 1.807) is 18.2 Å². The smallest absolute Gasteiger partial charge is 0.228 e. The lowest BCUT2D eigenvalue weighted by atomic mass is 10.2. The van der Waals surface area contributed by atoms with Gasteiger partial charge in [-0.15, -0.1) is 0 Å². The second-order valence-electron chi connectivity index (χ2n) is 5.59. The molecule has 2 N–H and O–H groups in total. The summed E-state index contributed by atoms with van der Waals surface area (Å²) in [5, 5.41) is 6.21. The van der Waals surface area contributed by atoms with Gasteiger partial charge < -0.3 is 10.6 Å². The summed E-state index contributed by atoms with van der Waals surface area (Å²) in [6.45, 7) is 0. The highest BCUT2D eigenvalue weighted by molar-refractivity contribution is 6.35. The van der Waals surface area contributed by atoms with Gasteiger partial charge in [0, 0.05) is 21.4 Å². The van der Waals surface area contributed by atoms with Crippen LogP contribution in [0, 0.1) is 17.7 Å². The Kier molecular flexibility index (Phi) is 4.73. The largest absolute Gasteiger partial charge is 0.326 e. The van der Waals surface area contributed by atoms with Gasteiger partial charge in [0.25, 0.3) is 0 Å². The first-order chi connectivity index (χ1) is 11.4. The van der Waals surface area contributed by atoms with E-state index < -0.39 is 11.8 Å². The molecule has 24 heavy (non-hydrogen) atoms. The molecule has 0 aliphatic heterocycles. The van der Waals surface area contributed by atoms with E-state index in [2.05, 4.69) is 10.6 Å². The maximum absolute atomic E-state index is 12.8. The Morgan fingerprint density at radius 2 is 1.38 bits per heavy atom. The van der Waals surface area contributed by atoms with E-state index in [9.17, 15) is 14.0 Å². The summed E-state index contributed by atoms with van der Waals surface area (Å²) in [5.74, 6) is -1.69. The number of carbonyl (C=O) groups excluding carboxylic acids is 2. The predicted octanol–water partition coefficient (Wildman–Crippen LogP) is 4.35. The monoisotopic (exact) mass is 366 g/mol. The Morgan fingerprint density at radius 3 is 1.92 bits per heavy atom. The van der Waals surface area contributed by atoms with Gasteiger partial charge >= 0.3 is 0 Å². The molecule has 0 bridgehead atoms. The van der Waals surface area contributed by atoms with Gasteiger partial charge in [0.2, 0.25) is 11.8 Å². The van der Waals surface area contributed by atoms with E-state index in [0.29, 0.717) is 27.8 Å². The minimum absolute atomic E-state index is 0.257. The van der Waals surface area contributed by atoms with Crippen LogP contribution in [-0.4, -0.2) is 11.8 Å². The van der Waals surface area contributed by atoms with Crippen molar-refractivity contribution in [1.82, 2.24) is 0 Å². The highest BCUT2D eigenvalue weighted by Gasteiger charge is 2.48. The highest BCUT2D eigenvalue weighted by Crippen LogP contribution is 2.40. The van der Waals surface area contributed by atoms with E-state index in [4.69, 9.17) is 23.2 Å². The van der Waals surface area contributed by atoms with Crippen molar-refractivity contribution < 1.29 is 14.0 Å². The summed E-state index contributed by atoms with van der Waals surface area (Å²) in [5.41, 5.74) is 0.983. The number of anilines is 2. The Morgan fingerprint density at radius 1 is 0.875 bits per heavy atom. The molecule has 2 aromatic carbocycles. The first kappa shape index (κ1) is 16.7. The summed E-state index contributed by atoms with van der Waals surface area (Å²) < 4.78 is 12.8. The molecule has 0 heterocycles. The van der Waals surface area contributed by atoms with Gasteiger partial charge in [-0.1, -0.05) is 23.2 Å². The molecule has 1 aliphatic rings. The summed E-state index contributed by atoms with van der Waals surface area (Å²) in [6.07, 6.45) is 0.465. The number of hydrogen-bond donors (Lipinski definition) is 2. The molecule has 3 rings (SSSR count). The third-order valence-corrected chi connectivity index (χ3v) is 4.14. The first-order valence-corrected chi connectivity index (χ1v) is 8.01. The highest BCUT2D eigenvalue weighted by atomic mass is 35.5. The molecule has 2 atom stereocenters. The van der Waals surface area contributed by atoms with Crippen molar-refractivity contribution in [3.8, 4) is 0 Å². The summed E-state index contributed by atoms with van der Waals surface area (Å²) in [7, 11) is 0. The van der Waals surface area contributed by atoms with Crippen molar-refractivity contribution in [2.24, 2.45) is 11.8 Å².